The van der Waals surface area contributed by atoms with Crippen molar-refractivity contribution in [3.63, 3.8) is 0 Å². The molecule has 0 saturated carbocycles. The highest BCUT2D eigenvalue weighted by molar-refractivity contribution is 5.99. The first-order chi connectivity index (χ1) is 54.4. The van der Waals surface area contributed by atoms with Crippen LogP contribution >= 0.6 is 0 Å². The lowest BCUT2D eigenvalue weighted by Crippen LogP contribution is -2.27. The summed E-state index contributed by atoms with van der Waals surface area (Å²) >= 11 is 0. The molecule has 4 aromatic heterocycles. The largest absolute Gasteiger partial charge is 0.493 e. The molecule has 16 nitrogen and oxygen atoms in total. The molecule has 0 saturated heterocycles. The molecule has 0 unspecified atom stereocenters. The minimum atomic E-state index is -0.633. The zero-order valence-corrected chi connectivity index (χ0v) is 66.1. The zero-order valence-electron chi connectivity index (χ0n) is 66.1. The normalized spacial score (nSPS) is 11.7. The van der Waals surface area contributed by atoms with Crippen molar-refractivity contribution in [2.45, 2.75) is 184 Å². The van der Waals surface area contributed by atoms with Gasteiger partial charge in [0, 0.05) is 22.3 Å². The predicted octanol–water partition coefficient (Wildman–Crippen LogP) is 18.8. The molecule has 0 atom stereocenters. The summed E-state index contributed by atoms with van der Waals surface area (Å²) in [6.45, 7) is 17.4. The second kappa shape index (κ2) is 39.4. The number of aryl methyl sites for hydroxylation is 4. The molecule has 10 aromatic carbocycles. The van der Waals surface area contributed by atoms with Crippen LogP contribution in [0.2, 0.25) is 0 Å². The van der Waals surface area contributed by atoms with E-state index in [4.69, 9.17) is 18.9 Å². The molecule has 18 rings (SSSR count). The average molecular weight is 1510 g/mol. The molecule has 4 aliphatic heterocycles. The Labute approximate surface area is 653 Å². The van der Waals surface area contributed by atoms with Crippen molar-refractivity contribution >= 4 is 64.6 Å². The molecule has 0 aliphatic carbocycles. The zero-order chi connectivity index (χ0) is 79.2. The van der Waals surface area contributed by atoms with Crippen molar-refractivity contribution in [3.05, 3.63) is 321 Å². The van der Waals surface area contributed by atoms with E-state index in [0.29, 0.717) is 93.2 Å². The number of unbranched alkanes of at least 4 members (excludes halogenated alkanes) is 12. The highest BCUT2D eigenvalue weighted by Crippen LogP contribution is 2.36. The quantitative estimate of drug-likeness (QED) is 0.0521. The molecule has 0 N–H and O–H groups in total. The Morgan fingerprint density at radius 1 is 0.232 bits per heavy atom. The Morgan fingerprint density at radius 3 is 0.571 bits per heavy atom. The van der Waals surface area contributed by atoms with Crippen molar-refractivity contribution in [1.82, 2.24) is 18.3 Å². The SMILES string of the molecule is CCCCCCOc1cc2cc(OCCCCCC)c3cc2cc1Cn1c(=O)c2cc4c(=O)n(c(=O)c4cc2c1=O)Cc1cc2cc(c(OCCCCCC)cc2cc1OCCCCCC)Cn1c(=O)c2cc4c(=O)n(c(=O)c4cc2c1=O)C3.Cc1ccccc1.Cc1ccccc1.Cc1ccccc1.Cc1ccccc1. The van der Waals surface area contributed by atoms with E-state index in [1.807, 2.05) is 121 Å². The number of hydrogen-bond acceptors (Lipinski definition) is 12. The second-order valence-electron chi connectivity index (χ2n) is 29.5. The summed E-state index contributed by atoms with van der Waals surface area (Å²) in [4.78, 5) is 117. The molecule has 580 valence electrons. The third-order valence-electron chi connectivity index (χ3n) is 20.6. The maximum Gasteiger partial charge on any atom is 0.261 e. The first-order valence-corrected chi connectivity index (χ1v) is 40.0. The Balaban J connectivity index is 0.000000368. The minimum absolute atomic E-state index is 0.00202. The number of nitrogens with zero attached hydrogens (tertiary/aromatic N) is 4. The van der Waals surface area contributed by atoms with Gasteiger partial charge in [0.15, 0.2) is 0 Å². The van der Waals surface area contributed by atoms with Gasteiger partial charge in [-0.05, 0) is 148 Å². The highest BCUT2D eigenvalue weighted by Gasteiger charge is 2.26. The van der Waals surface area contributed by atoms with Crippen molar-refractivity contribution in [2.75, 3.05) is 26.4 Å². The molecular weight excluding hydrogens is 1400 g/mol. The van der Waals surface area contributed by atoms with E-state index in [-0.39, 0.29) is 69.3 Å². The number of ether oxygens (including phenoxy) is 4. The molecule has 4 aliphatic rings. The van der Waals surface area contributed by atoms with Crippen LogP contribution < -0.4 is 63.4 Å². The van der Waals surface area contributed by atoms with E-state index in [9.17, 15) is 38.4 Å². The standard InChI is InChI=1S/C68H72N4O12.4C7H8/c1-5-9-13-17-21-81-57-29-43-30-58(82-22-18-14-10-6-2)46-26-41(43)25-45(57)37-69-61(73)49-33-51-52(34-50(49)62(69)74)64(76)71(63(51)75)39-47-27-42-28-48(60(84-24-20-16-12-8-4)32-44(42)31-59(47)83-23-19-15-11-7-3)40-72-67(79)55-35-53-54(36-56(55)68(72)80)66(78)70(38-46)65(53)77;4*1-7-5-3-2-4-6-7/h25-36H,5-24,37-40H2,1-4H3;4*2-6H,1H3. The Bertz CT molecular complexity index is 5090. The van der Waals surface area contributed by atoms with Gasteiger partial charge >= 0.3 is 0 Å². The third kappa shape index (κ3) is 20.0. The van der Waals surface area contributed by atoms with Crippen LogP contribution in [0.1, 0.15) is 175 Å². The van der Waals surface area contributed by atoms with Crippen molar-refractivity contribution < 1.29 is 18.9 Å². The lowest BCUT2D eigenvalue weighted by atomic mass is 10.0. The third-order valence-corrected chi connectivity index (χ3v) is 20.6. The lowest BCUT2D eigenvalue weighted by Gasteiger charge is -2.17. The van der Waals surface area contributed by atoms with Gasteiger partial charge in [-0.25, -0.2) is 0 Å². The predicted molar refractivity (Wildman–Crippen MR) is 457 cm³/mol. The summed E-state index contributed by atoms with van der Waals surface area (Å²) in [6, 6.07) is 61.1. The number of benzene rings is 10. The molecule has 16 heteroatoms. The Hall–Kier alpha value is -11.5. The summed E-state index contributed by atoms with van der Waals surface area (Å²) < 4.78 is 30.3. The van der Waals surface area contributed by atoms with E-state index in [0.717, 1.165) is 121 Å². The summed E-state index contributed by atoms with van der Waals surface area (Å²) in [5.41, 5.74) is 2.23. The molecule has 14 aromatic rings. The first kappa shape index (κ1) is 81.5. The Morgan fingerprint density at radius 2 is 0.411 bits per heavy atom. The van der Waals surface area contributed by atoms with Gasteiger partial charge < -0.3 is 18.9 Å². The van der Waals surface area contributed by atoms with E-state index in [1.165, 1.54) is 46.5 Å². The average Bonchev–Trinajstić information content (AvgIpc) is 1.58. The van der Waals surface area contributed by atoms with Crippen LogP contribution in [0, 0.1) is 27.7 Å². The molecule has 0 spiro atoms. The van der Waals surface area contributed by atoms with Crippen LogP contribution in [-0.2, 0) is 26.2 Å². The lowest BCUT2D eigenvalue weighted by molar-refractivity contribution is 0.300. The summed E-state index contributed by atoms with van der Waals surface area (Å²) in [6.07, 6.45) is 15.0. The van der Waals surface area contributed by atoms with Crippen LogP contribution in [0.25, 0.3) is 64.6 Å². The van der Waals surface area contributed by atoms with Crippen molar-refractivity contribution in [1.29, 1.82) is 0 Å². The Kier molecular flexibility index (Phi) is 28.7. The maximum absolute atomic E-state index is 14.6. The number of rotatable bonds is 24. The smallest absolute Gasteiger partial charge is 0.261 e. The molecule has 8 heterocycles. The topological polar surface area (TPSA) is 193 Å². The molecule has 18 bridgehead atoms. The van der Waals surface area contributed by atoms with Gasteiger partial charge in [0.25, 0.3) is 44.5 Å². The fourth-order valence-electron chi connectivity index (χ4n) is 14.2. The van der Waals surface area contributed by atoms with E-state index >= 15 is 0 Å². The van der Waals surface area contributed by atoms with Crippen LogP contribution in [0.3, 0.4) is 0 Å². The molecule has 0 fully saturated rings. The fourth-order valence-corrected chi connectivity index (χ4v) is 14.2. The van der Waals surface area contributed by atoms with Gasteiger partial charge in [-0.1, -0.05) is 248 Å². The molecular formula is C96H104N4O12. The van der Waals surface area contributed by atoms with E-state index < -0.39 is 44.5 Å². The monoisotopic (exact) mass is 1500 g/mol. The second-order valence-corrected chi connectivity index (χ2v) is 29.5. The van der Waals surface area contributed by atoms with Gasteiger partial charge in [-0.2, -0.15) is 0 Å². The minimum Gasteiger partial charge on any atom is -0.493 e. The van der Waals surface area contributed by atoms with Crippen LogP contribution in [0.4, 0.5) is 0 Å². The summed E-state index contributed by atoms with van der Waals surface area (Å²) in [5, 5.41) is 2.68. The molecule has 0 amide bonds. The van der Waals surface area contributed by atoms with E-state index in [1.54, 1.807) is 0 Å². The van der Waals surface area contributed by atoms with Crippen LogP contribution in [0.5, 0.6) is 23.0 Å². The first-order valence-electron chi connectivity index (χ1n) is 40.0. The van der Waals surface area contributed by atoms with Gasteiger partial charge in [-0.3, -0.25) is 56.6 Å². The van der Waals surface area contributed by atoms with Gasteiger partial charge in [0.2, 0.25) is 0 Å². The maximum atomic E-state index is 14.6. The fraction of sp³-hybridized carbons (Fsp3) is 0.333. The van der Waals surface area contributed by atoms with Crippen LogP contribution in [-0.4, -0.2) is 44.7 Å². The van der Waals surface area contributed by atoms with Gasteiger partial charge in [0.05, 0.1) is 95.7 Å². The molecule has 0 radical (unpaired) electrons. The highest BCUT2D eigenvalue weighted by atomic mass is 16.5. The summed E-state index contributed by atoms with van der Waals surface area (Å²) in [7, 11) is 0. The number of aromatic nitrogens is 4. The van der Waals surface area contributed by atoms with Crippen molar-refractivity contribution in [3.8, 4) is 23.0 Å². The van der Waals surface area contributed by atoms with Crippen molar-refractivity contribution in [2.24, 2.45) is 0 Å². The van der Waals surface area contributed by atoms with E-state index in [2.05, 4.69) is 104 Å². The number of hydrogen-bond donors (Lipinski definition) is 0. The summed E-state index contributed by atoms with van der Waals surface area (Å²) in [5.74, 6) is 1.77. The van der Waals surface area contributed by atoms with Gasteiger partial charge in [-0.15, -0.1) is 0 Å². The van der Waals surface area contributed by atoms with Crippen LogP contribution in [0.15, 0.2) is 232 Å². The van der Waals surface area contributed by atoms with Gasteiger partial charge in [0.1, 0.15) is 23.0 Å². The molecule has 112 heavy (non-hydrogen) atoms.